The number of aliphatic carboxylic acids is 1. The number of carbonyl (C=O) groups excluding carboxylic acids is 1. The first-order valence-corrected chi connectivity index (χ1v) is 4.92. The molecular weight excluding hydrogens is 220 g/mol. The van der Waals surface area contributed by atoms with E-state index in [1.54, 1.807) is 19.1 Å². The van der Waals surface area contributed by atoms with Crippen LogP contribution >= 0.6 is 0 Å². The molecule has 0 fully saturated rings. The van der Waals surface area contributed by atoms with Crippen molar-refractivity contribution >= 4 is 17.7 Å². The molecule has 2 rings (SSSR count). The van der Waals surface area contributed by atoms with Crippen molar-refractivity contribution in [3.8, 4) is 0 Å². The third kappa shape index (κ3) is 2.36. The molecule has 17 heavy (non-hydrogen) atoms. The van der Waals surface area contributed by atoms with Gasteiger partial charge in [0, 0.05) is 0 Å². The molecule has 86 valence electrons. The normalized spacial score (nSPS) is 11.5. The van der Waals surface area contributed by atoms with Crippen LogP contribution in [0.5, 0.6) is 0 Å². The highest BCUT2D eigenvalue weighted by Gasteiger charge is 2.07. The Morgan fingerprint density at radius 2 is 2.06 bits per heavy atom. The number of nitrogens with zero attached hydrogens (tertiary/aromatic N) is 4. The van der Waals surface area contributed by atoms with Crippen LogP contribution in [0.25, 0.3) is 11.8 Å². The van der Waals surface area contributed by atoms with E-state index in [4.69, 9.17) is 0 Å². The van der Waals surface area contributed by atoms with E-state index in [0.29, 0.717) is 5.82 Å². The Morgan fingerprint density at radius 1 is 1.35 bits per heavy atom. The van der Waals surface area contributed by atoms with Crippen molar-refractivity contribution in [2.24, 2.45) is 0 Å². The molecule has 6 nitrogen and oxygen atoms in total. The molecule has 1 heterocycles. The number of aromatic nitrogens is 4. The van der Waals surface area contributed by atoms with E-state index >= 15 is 0 Å². The molecule has 0 saturated carbocycles. The molecule has 2 aromatic rings. The van der Waals surface area contributed by atoms with Crippen LogP contribution in [0, 0.1) is 6.92 Å². The largest absolute Gasteiger partial charge is 0.543 e. The molecule has 0 N–H and O–H groups in total. The van der Waals surface area contributed by atoms with Crippen LogP contribution in [0.1, 0.15) is 11.4 Å². The lowest BCUT2D eigenvalue weighted by molar-refractivity contribution is -0.296. The number of carbonyl (C=O) groups is 1. The Labute approximate surface area is 97.2 Å². The van der Waals surface area contributed by atoms with Crippen LogP contribution in [0.15, 0.2) is 30.3 Å². The summed E-state index contributed by atoms with van der Waals surface area (Å²) >= 11 is 0. The van der Waals surface area contributed by atoms with Crippen molar-refractivity contribution in [2.75, 3.05) is 0 Å². The van der Waals surface area contributed by atoms with Gasteiger partial charge in [-0.1, -0.05) is 30.3 Å². The number of carboxylic acids is 1. The highest BCUT2D eigenvalue weighted by molar-refractivity contribution is 6.12. The molecule has 0 aliphatic rings. The number of hydrogen-bond acceptors (Lipinski definition) is 5. The molecule has 0 atom stereocenters. The second-order valence-electron chi connectivity index (χ2n) is 3.37. The molecule has 1 aromatic carbocycles. The Bertz CT molecular complexity index is 560. The zero-order chi connectivity index (χ0) is 12.3. The number of tetrazole rings is 1. The number of hydrogen-bond donors (Lipinski definition) is 0. The predicted octanol–water partition coefficient (Wildman–Crippen LogP) is -0.270. The van der Waals surface area contributed by atoms with E-state index in [-0.39, 0.29) is 5.70 Å². The fourth-order valence-corrected chi connectivity index (χ4v) is 1.37. The van der Waals surface area contributed by atoms with Gasteiger partial charge in [-0.25, -0.2) is 0 Å². The number of rotatable bonds is 3. The molecule has 0 bridgehead atoms. The molecule has 1 aromatic heterocycles. The maximum Gasteiger partial charge on any atom is 0.153 e. The molecule has 0 spiro atoms. The smallest absolute Gasteiger partial charge is 0.153 e. The highest BCUT2D eigenvalue weighted by atomic mass is 16.4. The molecular formula is C11H9N4O2-. The lowest BCUT2D eigenvalue weighted by Gasteiger charge is -2.08. The molecule has 0 amide bonds. The summed E-state index contributed by atoms with van der Waals surface area (Å²) in [5.41, 5.74) is 0.639. The summed E-state index contributed by atoms with van der Waals surface area (Å²) in [6.45, 7) is 1.61. The van der Waals surface area contributed by atoms with Crippen molar-refractivity contribution in [1.82, 2.24) is 20.2 Å². The molecule has 0 aliphatic heterocycles. The van der Waals surface area contributed by atoms with Gasteiger partial charge in [-0.3, -0.25) is 0 Å². The summed E-state index contributed by atoms with van der Waals surface area (Å²) in [4.78, 5) is 11.1. The van der Waals surface area contributed by atoms with Gasteiger partial charge in [-0.15, -0.1) is 5.10 Å². The van der Waals surface area contributed by atoms with Crippen molar-refractivity contribution in [3.05, 3.63) is 41.7 Å². The standard InChI is InChI=1S/C11H10N4O2/c1-8-12-13-14-15(8)10(11(16)17)7-9-5-3-2-4-6-9/h2-7H,1H3,(H,16,17)/p-1/b10-7-. The fourth-order valence-electron chi connectivity index (χ4n) is 1.37. The quantitative estimate of drug-likeness (QED) is 0.676. The summed E-state index contributed by atoms with van der Waals surface area (Å²) in [6, 6.07) is 9.03. The number of aryl methyl sites for hydroxylation is 1. The summed E-state index contributed by atoms with van der Waals surface area (Å²) < 4.78 is 1.13. The summed E-state index contributed by atoms with van der Waals surface area (Å²) in [5.74, 6) is -0.944. The summed E-state index contributed by atoms with van der Waals surface area (Å²) in [7, 11) is 0. The first-order valence-electron chi connectivity index (χ1n) is 4.92. The van der Waals surface area contributed by atoms with Gasteiger partial charge in [-0.2, -0.15) is 4.68 Å². The Kier molecular flexibility index (Phi) is 2.95. The summed E-state index contributed by atoms with van der Waals surface area (Å²) in [6.07, 6.45) is 1.46. The molecule has 0 saturated heterocycles. The van der Waals surface area contributed by atoms with Crippen LogP contribution in [0.2, 0.25) is 0 Å². The van der Waals surface area contributed by atoms with Crippen molar-refractivity contribution in [3.63, 3.8) is 0 Å². The van der Waals surface area contributed by atoms with E-state index < -0.39 is 5.97 Å². The van der Waals surface area contributed by atoms with Crippen molar-refractivity contribution in [1.29, 1.82) is 0 Å². The van der Waals surface area contributed by atoms with E-state index in [2.05, 4.69) is 15.5 Å². The minimum absolute atomic E-state index is 0.0984. The Balaban J connectivity index is 2.48. The third-order valence-electron chi connectivity index (χ3n) is 2.17. The maximum atomic E-state index is 11.1. The third-order valence-corrected chi connectivity index (χ3v) is 2.17. The number of carboxylic acid groups (broad SMARTS) is 1. The van der Waals surface area contributed by atoms with E-state index in [0.717, 1.165) is 10.2 Å². The van der Waals surface area contributed by atoms with E-state index in [1.807, 2.05) is 18.2 Å². The molecule has 6 heteroatoms. The molecule has 0 radical (unpaired) electrons. The SMILES string of the molecule is Cc1nnnn1/C(=C\c1ccccc1)C(=O)[O-]. The Hall–Kier alpha value is -2.50. The predicted molar refractivity (Wildman–Crippen MR) is 58.2 cm³/mol. The first kappa shape index (κ1) is 11.0. The Morgan fingerprint density at radius 3 is 2.59 bits per heavy atom. The lowest BCUT2D eigenvalue weighted by Crippen LogP contribution is -2.27. The van der Waals surface area contributed by atoms with Crippen molar-refractivity contribution in [2.45, 2.75) is 6.92 Å². The zero-order valence-corrected chi connectivity index (χ0v) is 9.07. The van der Waals surface area contributed by atoms with Crippen LogP contribution in [-0.2, 0) is 4.79 Å². The van der Waals surface area contributed by atoms with Gasteiger partial charge in [0.05, 0.1) is 11.7 Å². The fraction of sp³-hybridized carbons (Fsp3) is 0.0909. The van der Waals surface area contributed by atoms with Gasteiger partial charge >= 0.3 is 0 Å². The van der Waals surface area contributed by atoms with Crippen LogP contribution in [0.3, 0.4) is 0 Å². The van der Waals surface area contributed by atoms with Gasteiger partial charge in [0.25, 0.3) is 0 Å². The average molecular weight is 229 g/mol. The molecule has 0 unspecified atom stereocenters. The minimum atomic E-state index is -1.33. The topological polar surface area (TPSA) is 83.7 Å². The van der Waals surface area contributed by atoms with Gasteiger partial charge in [0.2, 0.25) is 0 Å². The highest BCUT2D eigenvalue weighted by Crippen LogP contribution is 2.10. The van der Waals surface area contributed by atoms with Gasteiger partial charge in [0.1, 0.15) is 0 Å². The van der Waals surface area contributed by atoms with Gasteiger partial charge in [0.15, 0.2) is 5.82 Å². The van der Waals surface area contributed by atoms with Crippen LogP contribution in [0.4, 0.5) is 0 Å². The maximum absolute atomic E-state index is 11.1. The lowest BCUT2D eigenvalue weighted by atomic mass is 10.2. The monoisotopic (exact) mass is 229 g/mol. The first-order chi connectivity index (χ1) is 8.18. The van der Waals surface area contributed by atoms with Crippen LogP contribution in [-0.4, -0.2) is 26.2 Å². The average Bonchev–Trinajstić information content (AvgIpc) is 2.73. The van der Waals surface area contributed by atoms with E-state index in [1.165, 1.54) is 6.08 Å². The second kappa shape index (κ2) is 4.56. The van der Waals surface area contributed by atoms with Gasteiger partial charge in [-0.05, 0) is 29.0 Å². The van der Waals surface area contributed by atoms with Crippen molar-refractivity contribution < 1.29 is 9.90 Å². The zero-order valence-electron chi connectivity index (χ0n) is 9.07. The van der Waals surface area contributed by atoms with Gasteiger partial charge < -0.3 is 9.90 Å². The van der Waals surface area contributed by atoms with Crippen LogP contribution < -0.4 is 5.11 Å². The van der Waals surface area contributed by atoms with E-state index in [9.17, 15) is 9.90 Å². The number of benzene rings is 1. The summed E-state index contributed by atoms with van der Waals surface area (Å²) in [5, 5.41) is 21.7. The molecule has 0 aliphatic carbocycles. The minimum Gasteiger partial charge on any atom is -0.543 e. The second-order valence-corrected chi connectivity index (χ2v) is 3.37.